The van der Waals surface area contributed by atoms with Gasteiger partial charge in [0.05, 0.1) is 16.0 Å². The van der Waals surface area contributed by atoms with E-state index in [4.69, 9.17) is 32.7 Å². The van der Waals surface area contributed by atoms with E-state index in [0.717, 1.165) is 0 Å². The average molecular weight is 475 g/mol. The molecule has 0 spiro atoms. The first kappa shape index (κ1) is 24.3. The number of anilines is 1. The molecule has 0 saturated heterocycles. The van der Waals surface area contributed by atoms with Crippen molar-refractivity contribution in [1.82, 2.24) is 5.32 Å². The molecule has 2 rings (SSSR count). The lowest BCUT2D eigenvalue weighted by atomic mass is 10.3. The summed E-state index contributed by atoms with van der Waals surface area (Å²) in [5, 5.41) is 3.28. The zero-order chi connectivity index (χ0) is 22.1. The predicted octanol–water partition coefficient (Wildman–Crippen LogP) is 4.10. The van der Waals surface area contributed by atoms with E-state index >= 15 is 0 Å². The number of sulfonamides is 1. The summed E-state index contributed by atoms with van der Waals surface area (Å²) in [7, 11) is -3.84. The van der Waals surface area contributed by atoms with Gasteiger partial charge in [-0.2, -0.15) is 0 Å². The molecule has 0 aliphatic heterocycles. The van der Waals surface area contributed by atoms with E-state index < -0.39 is 10.0 Å². The van der Waals surface area contributed by atoms with E-state index in [0.29, 0.717) is 30.3 Å². The summed E-state index contributed by atoms with van der Waals surface area (Å²) in [5.74, 6) is -0.0999. The number of rotatable bonds is 11. The third kappa shape index (κ3) is 8.02. The van der Waals surface area contributed by atoms with Crippen LogP contribution in [0, 0.1) is 0 Å². The third-order valence-corrected chi connectivity index (χ3v) is 5.69. The molecule has 0 unspecified atom stereocenters. The molecule has 0 fully saturated rings. The number of ether oxygens (including phenoxy) is 2. The highest BCUT2D eigenvalue weighted by Crippen LogP contribution is 2.28. The number of hydrogen-bond acceptors (Lipinski definition) is 5. The second kappa shape index (κ2) is 11.4. The van der Waals surface area contributed by atoms with E-state index in [1.165, 1.54) is 18.2 Å². The van der Waals surface area contributed by atoms with Crippen molar-refractivity contribution in [3.8, 4) is 5.75 Å². The minimum atomic E-state index is -3.84. The van der Waals surface area contributed by atoms with Crippen LogP contribution >= 0.6 is 23.2 Å². The summed E-state index contributed by atoms with van der Waals surface area (Å²) < 4.78 is 38.2. The van der Waals surface area contributed by atoms with Crippen LogP contribution < -0.4 is 14.8 Å². The van der Waals surface area contributed by atoms with Crippen LogP contribution in [0.2, 0.25) is 10.0 Å². The smallest absolute Gasteiger partial charge is 0.261 e. The van der Waals surface area contributed by atoms with Crippen LogP contribution in [0.15, 0.2) is 47.4 Å². The van der Waals surface area contributed by atoms with Crippen molar-refractivity contribution in [2.75, 3.05) is 24.5 Å². The minimum Gasteiger partial charge on any atom is -0.482 e. The Morgan fingerprint density at radius 1 is 1.10 bits per heavy atom. The predicted molar refractivity (Wildman–Crippen MR) is 118 cm³/mol. The van der Waals surface area contributed by atoms with Crippen LogP contribution in [0.4, 0.5) is 5.69 Å². The van der Waals surface area contributed by atoms with Gasteiger partial charge in [-0.3, -0.25) is 9.52 Å². The summed E-state index contributed by atoms with van der Waals surface area (Å²) in [6.45, 7) is 4.68. The molecule has 0 atom stereocenters. The van der Waals surface area contributed by atoms with Gasteiger partial charge in [0, 0.05) is 23.9 Å². The Morgan fingerprint density at radius 3 is 2.43 bits per heavy atom. The Labute approximate surface area is 186 Å². The Kier molecular flexibility index (Phi) is 9.23. The van der Waals surface area contributed by atoms with Gasteiger partial charge in [-0.25, -0.2) is 8.42 Å². The molecule has 0 heterocycles. The van der Waals surface area contributed by atoms with Crippen LogP contribution in [-0.4, -0.2) is 40.2 Å². The Balaban J connectivity index is 1.88. The Bertz CT molecular complexity index is 950. The molecular weight excluding hydrogens is 451 g/mol. The lowest BCUT2D eigenvalue weighted by molar-refractivity contribution is -0.123. The number of hydrogen-bond donors (Lipinski definition) is 2. The van der Waals surface area contributed by atoms with Gasteiger partial charge in [-0.05, 0) is 62.7 Å². The molecule has 0 saturated carbocycles. The van der Waals surface area contributed by atoms with Crippen molar-refractivity contribution >= 4 is 44.8 Å². The first-order valence-electron chi connectivity index (χ1n) is 9.26. The summed E-state index contributed by atoms with van der Waals surface area (Å²) in [4.78, 5) is 11.8. The molecular formula is C20H24Cl2N2O5S. The summed E-state index contributed by atoms with van der Waals surface area (Å²) in [5.41, 5.74) is 0.367. The van der Waals surface area contributed by atoms with Crippen LogP contribution in [0.3, 0.4) is 0 Å². The number of benzene rings is 2. The normalized spacial score (nSPS) is 11.4. The van der Waals surface area contributed by atoms with Crippen molar-refractivity contribution in [3.63, 3.8) is 0 Å². The third-order valence-electron chi connectivity index (χ3n) is 3.76. The van der Waals surface area contributed by atoms with Crippen molar-refractivity contribution < 1.29 is 22.7 Å². The Hall–Kier alpha value is -2.00. The first-order valence-corrected chi connectivity index (χ1v) is 11.5. The van der Waals surface area contributed by atoms with Gasteiger partial charge in [-0.1, -0.05) is 23.2 Å². The van der Waals surface area contributed by atoms with Crippen molar-refractivity contribution in [2.45, 2.75) is 31.3 Å². The van der Waals surface area contributed by atoms with Gasteiger partial charge in [0.1, 0.15) is 5.75 Å². The standard InChI is InChI=1S/C20H24Cl2N2O5S/c1-14(2)28-11-3-10-23-20(25)13-29-19-9-8-17(12-18(19)22)30(26,27)24-16-6-4-15(21)5-7-16/h4-9,12,14,24H,3,10-11,13H2,1-2H3,(H,23,25). The number of halogens is 2. The first-order chi connectivity index (χ1) is 14.2. The summed E-state index contributed by atoms with van der Waals surface area (Å²) in [6.07, 6.45) is 0.844. The molecule has 2 aromatic carbocycles. The van der Waals surface area contributed by atoms with E-state index in [9.17, 15) is 13.2 Å². The topological polar surface area (TPSA) is 93.7 Å². The Morgan fingerprint density at radius 2 is 1.80 bits per heavy atom. The average Bonchev–Trinajstić information content (AvgIpc) is 2.68. The van der Waals surface area contributed by atoms with Gasteiger partial charge in [0.15, 0.2) is 6.61 Å². The molecule has 30 heavy (non-hydrogen) atoms. The monoisotopic (exact) mass is 474 g/mol. The van der Waals surface area contributed by atoms with Crippen LogP contribution in [0.25, 0.3) is 0 Å². The molecule has 0 aliphatic carbocycles. The molecule has 1 amide bonds. The van der Waals surface area contributed by atoms with Crippen molar-refractivity contribution in [1.29, 1.82) is 0 Å². The van der Waals surface area contributed by atoms with E-state index in [1.54, 1.807) is 24.3 Å². The SMILES string of the molecule is CC(C)OCCCNC(=O)COc1ccc(S(=O)(=O)Nc2ccc(Cl)cc2)cc1Cl. The molecule has 10 heteroatoms. The molecule has 7 nitrogen and oxygen atoms in total. The summed E-state index contributed by atoms with van der Waals surface area (Å²) >= 11 is 11.9. The maximum absolute atomic E-state index is 12.5. The van der Waals surface area contributed by atoms with Gasteiger partial charge < -0.3 is 14.8 Å². The largest absolute Gasteiger partial charge is 0.482 e. The minimum absolute atomic E-state index is 0.0376. The number of carbonyl (C=O) groups is 1. The second-order valence-corrected chi connectivity index (χ2v) is 9.14. The van der Waals surface area contributed by atoms with Crippen molar-refractivity contribution in [3.05, 3.63) is 52.5 Å². The van der Waals surface area contributed by atoms with Gasteiger partial charge in [-0.15, -0.1) is 0 Å². The maximum Gasteiger partial charge on any atom is 0.261 e. The number of amides is 1. The quantitative estimate of drug-likeness (QED) is 0.478. The van der Waals surface area contributed by atoms with Crippen molar-refractivity contribution in [2.24, 2.45) is 0 Å². The molecule has 0 aromatic heterocycles. The second-order valence-electron chi connectivity index (χ2n) is 6.62. The fraction of sp³-hybridized carbons (Fsp3) is 0.350. The van der Waals surface area contributed by atoms with Crippen LogP contribution in [0.1, 0.15) is 20.3 Å². The maximum atomic E-state index is 12.5. The molecule has 0 radical (unpaired) electrons. The van der Waals surface area contributed by atoms with Crippen LogP contribution in [-0.2, 0) is 19.6 Å². The van der Waals surface area contributed by atoms with Gasteiger partial charge in [0.2, 0.25) is 0 Å². The fourth-order valence-corrected chi connectivity index (χ4v) is 3.82. The lowest BCUT2D eigenvalue weighted by Crippen LogP contribution is -2.30. The lowest BCUT2D eigenvalue weighted by Gasteiger charge is -2.12. The highest BCUT2D eigenvalue weighted by Gasteiger charge is 2.17. The molecule has 2 aromatic rings. The number of carbonyl (C=O) groups excluding carboxylic acids is 1. The van der Waals surface area contributed by atoms with E-state index in [1.807, 2.05) is 13.8 Å². The molecule has 0 bridgehead atoms. The fourth-order valence-electron chi connectivity index (χ4n) is 2.31. The zero-order valence-electron chi connectivity index (χ0n) is 16.7. The molecule has 0 aliphatic rings. The molecule has 164 valence electrons. The zero-order valence-corrected chi connectivity index (χ0v) is 19.0. The molecule has 2 N–H and O–H groups in total. The van der Waals surface area contributed by atoms with Crippen LogP contribution in [0.5, 0.6) is 5.75 Å². The van der Waals surface area contributed by atoms with Gasteiger partial charge >= 0.3 is 0 Å². The van der Waals surface area contributed by atoms with Gasteiger partial charge in [0.25, 0.3) is 15.9 Å². The number of nitrogens with one attached hydrogen (secondary N) is 2. The highest BCUT2D eigenvalue weighted by atomic mass is 35.5. The highest BCUT2D eigenvalue weighted by molar-refractivity contribution is 7.92. The van der Waals surface area contributed by atoms with E-state index in [2.05, 4.69) is 10.0 Å². The summed E-state index contributed by atoms with van der Waals surface area (Å²) in [6, 6.07) is 10.3. The van der Waals surface area contributed by atoms with E-state index in [-0.39, 0.29) is 34.3 Å².